The van der Waals surface area contributed by atoms with Gasteiger partial charge in [-0.25, -0.2) is 0 Å². The summed E-state index contributed by atoms with van der Waals surface area (Å²) in [6.07, 6.45) is 3.79. The summed E-state index contributed by atoms with van der Waals surface area (Å²) >= 11 is 3.55. The summed E-state index contributed by atoms with van der Waals surface area (Å²) < 4.78 is 12.3. The van der Waals surface area contributed by atoms with Crippen LogP contribution in [0.1, 0.15) is 17.5 Å². The maximum atomic E-state index is 5.69. The highest BCUT2D eigenvalue weighted by Gasteiger charge is 2.16. The van der Waals surface area contributed by atoms with Gasteiger partial charge >= 0.3 is 0 Å². The van der Waals surface area contributed by atoms with E-state index in [4.69, 9.17) is 9.47 Å². The van der Waals surface area contributed by atoms with Gasteiger partial charge in [0, 0.05) is 29.5 Å². The number of ether oxygens (including phenoxy) is 2. The summed E-state index contributed by atoms with van der Waals surface area (Å²) in [4.78, 5) is 0. The first-order valence-electron chi connectivity index (χ1n) is 6.64. The molecule has 104 valence electrons. The van der Waals surface area contributed by atoms with Gasteiger partial charge in [-0.1, -0.05) is 22.0 Å². The fraction of sp³-hybridized carbons (Fsp3) is 0.467. The van der Waals surface area contributed by atoms with Gasteiger partial charge in [-0.05, 0) is 24.1 Å². The van der Waals surface area contributed by atoms with Gasteiger partial charge in [0.2, 0.25) is 0 Å². The number of hydrogen-bond donors (Lipinski definition) is 1. The van der Waals surface area contributed by atoms with E-state index in [1.165, 1.54) is 11.1 Å². The molecule has 1 aromatic rings. The van der Waals surface area contributed by atoms with Crippen LogP contribution in [0.5, 0.6) is 5.75 Å². The average molecular weight is 326 g/mol. The van der Waals surface area contributed by atoms with Crippen molar-refractivity contribution in [2.24, 2.45) is 0 Å². The zero-order valence-electron chi connectivity index (χ0n) is 11.1. The van der Waals surface area contributed by atoms with E-state index < -0.39 is 0 Å². The monoisotopic (exact) mass is 325 g/mol. The molecule has 0 aliphatic carbocycles. The Kier molecular flexibility index (Phi) is 5.89. The third-order valence-electron chi connectivity index (χ3n) is 3.03. The van der Waals surface area contributed by atoms with E-state index in [0.29, 0.717) is 0 Å². The van der Waals surface area contributed by atoms with E-state index in [0.717, 1.165) is 56.0 Å². The SMILES string of the molecule is C=CCCOCCNCc1cc(Br)cc2c1OCC2. The Morgan fingerprint density at radius 1 is 1.42 bits per heavy atom. The van der Waals surface area contributed by atoms with Gasteiger partial charge in [-0.3, -0.25) is 0 Å². The molecule has 0 saturated carbocycles. The molecule has 0 aromatic heterocycles. The topological polar surface area (TPSA) is 30.5 Å². The molecule has 1 aliphatic heterocycles. The quantitative estimate of drug-likeness (QED) is 0.588. The fourth-order valence-corrected chi connectivity index (χ4v) is 2.67. The standard InChI is InChI=1S/C15H20BrNO2/c1-2-3-6-18-8-5-17-11-13-10-14(16)9-12-4-7-19-15(12)13/h2,9-10,17H,1,3-8,11H2. The van der Waals surface area contributed by atoms with E-state index in [1.807, 2.05) is 6.08 Å². The van der Waals surface area contributed by atoms with Crippen LogP contribution in [0.25, 0.3) is 0 Å². The van der Waals surface area contributed by atoms with E-state index >= 15 is 0 Å². The molecule has 0 saturated heterocycles. The van der Waals surface area contributed by atoms with Crippen LogP contribution in [0.4, 0.5) is 0 Å². The lowest BCUT2D eigenvalue weighted by Crippen LogP contribution is -2.19. The minimum Gasteiger partial charge on any atom is -0.493 e. The molecular weight excluding hydrogens is 306 g/mol. The normalized spacial score (nSPS) is 13.1. The van der Waals surface area contributed by atoms with Crippen molar-refractivity contribution in [3.8, 4) is 5.75 Å². The predicted octanol–water partition coefficient (Wildman–Crippen LogP) is 3.07. The van der Waals surface area contributed by atoms with Crippen LogP contribution in [0.15, 0.2) is 29.3 Å². The predicted molar refractivity (Wildman–Crippen MR) is 80.7 cm³/mol. The molecule has 0 bridgehead atoms. The molecule has 0 radical (unpaired) electrons. The summed E-state index contributed by atoms with van der Waals surface area (Å²) in [5.41, 5.74) is 2.52. The molecule has 19 heavy (non-hydrogen) atoms. The molecule has 0 fully saturated rings. The third-order valence-corrected chi connectivity index (χ3v) is 3.49. The second-order valence-corrected chi connectivity index (χ2v) is 5.43. The van der Waals surface area contributed by atoms with Gasteiger partial charge in [0.05, 0.1) is 19.8 Å². The van der Waals surface area contributed by atoms with E-state index in [2.05, 4.69) is 40.0 Å². The summed E-state index contributed by atoms with van der Waals surface area (Å²) in [5, 5.41) is 3.38. The minimum absolute atomic E-state index is 0.727. The van der Waals surface area contributed by atoms with Crippen molar-refractivity contribution < 1.29 is 9.47 Å². The van der Waals surface area contributed by atoms with Crippen LogP contribution >= 0.6 is 15.9 Å². The van der Waals surface area contributed by atoms with E-state index in [9.17, 15) is 0 Å². The van der Waals surface area contributed by atoms with Crippen LogP contribution in [0.3, 0.4) is 0 Å². The van der Waals surface area contributed by atoms with Gasteiger partial charge < -0.3 is 14.8 Å². The second-order valence-electron chi connectivity index (χ2n) is 4.52. The number of benzene rings is 1. The average Bonchev–Trinajstić information content (AvgIpc) is 2.85. The Hall–Kier alpha value is -0.840. The number of fused-ring (bicyclic) bond motifs is 1. The first kappa shape index (κ1) is 14.6. The highest BCUT2D eigenvalue weighted by atomic mass is 79.9. The third kappa shape index (κ3) is 4.34. The number of nitrogens with one attached hydrogen (secondary N) is 1. The van der Waals surface area contributed by atoms with Crippen molar-refractivity contribution >= 4 is 15.9 Å². The Labute approximate surface area is 123 Å². The first-order chi connectivity index (χ1) is 9.31. The molecule has 1 aromatic carbocycles. The Morgan fingerprint density at radius 2 is 2.32 bits per heavy atom. The van der Waals surface area contributed by atoms with Crippen molar-refractivity contribution in [1.29, 1.82) is 0 Å². The molecule has 3 nitrogen and oxygen atoms in total. The van der Waals surface area contributed by atoms with E-state index in [1.54, 1.807) is 0 Å². The minimum atomic E-state index is 0.727. The summed E-state index contributed by atoms with van der Waals surface area (Å²) in [6.45, 7) is 7.59. The molecule has 1 aliphatic rings. The van der Waals surface area contributed by atoms with Crippen LogP contribution < -0.4 is 10.1 Å². The summed E-state index contributed by atoms with van der Waals surface area (Å²) in [6, 6.07) is 4.26. The molecule has 1 heterocycles. The van der Waals surface area contributed by atoms with Crippen molar-refractivity contribution in [1.82, 2.24) is 5.32 Å². The van der Waals surface area contributed by atoms with Crippen LogP contribution in [-0.4, -0.2) is 26.4 Å². The van der Waals surface area contributed by atoms with Gasteiger partial charge in [-0.15, -0.1) is 6.58 Å². The summed E-state index contributed by atoms with van der Waals surface area (Å²) in [5.74, 6) is 1.06. The molecule has 1 N–H and O–H groups in total. The molecular formula is C15H20BrNO2. The second kappa shape index (κ2) is 7.68. The fourth-order valence-electron chi connectivity index (χ4n) is 2.11. The highest BCUT2D eigenvalue weighted by Crippen LogP contribution is 2.32. The lowest BCUT2D eigenvalue weighted by atomic mass is 10.1. The van der Waals surface area contributed by atoms with Crippen molar-refractivity contribution in [2.75, 3.05) is 26.4 Å². The van der Waals surface area contributed by atoms with Gasteiger partial charge in [0.15, 0.2) is 0 Å². The largest absolute Gasteiger partial charge is 0.493 e. The smallest absolute Gasteiger partial charge is 0.127 e. The van der Waals surface area contributed by atoms with E-state index in [-0.39, 0.29) is 0 Å². The summed E-state index contributed by atoms with van der Waals surface area (Å²) in [7, 11) is 0. The Balaban J connectivity index is 1.76. The Bertz CT molecular complexity index is 434. The molecule has 4 heteroatoms. The zero-order valence-corrected chi connectivity index (χ0v) is 12.7. The molecule has 0 unspecified atom stereocenters. The Morgan fingerprint density at radius 3 is 3.16 bits per heavy atom. The number of rotatable bonds is 8. The van der Waals surface area contributed by atoms with Crippen LogP contribution in [-0.2, 0) is 17.7 Å². The first-order valence-corrected chi connectivity index (χ1v) is 7.44. The van der Waals surface area contributed by atoms with Crippen molar-refractivity contribution in [2.45, 2.75) is 19.4 Å². The van der Waals surface area contributed by atoms with Gasteiger partial charge in [0.25, 0.3) is 0 Å². The van der Waals surface area contributed by atoms with Crippen LogP contribution in [0.2, 0.25) is 0 Å². The number of halogens is 1. The van der Waals surface area contributed by atoms with Crippen LogP contribution in [0, 0.1) is 0 Å². The molecule has 0 amide bonds. The maximum Gasteiger partial charge on any atom is 0.127 e. The highest BCUT2D eigenvalue weighted by molar-refractivity contribution is 9.10. The molecule has 0 spiro atoms. The van der Waals surface area contributed by atoms with Gasteiger partial charge in [0.1, 0.15) is 5.75 Å². The van der Waals surface area contributed by atoms with Crippen molar-refractivity contribution in [3.05, 3.63) is 40.4 Å². The lowest BCUT2D eigenvalue weighted by Gasteiger charge is -2.10. The lowest BCUT2D eigenvalue weighted by molar-refractivity contribution is 0.140. The zero-order chi connectivity index (χ0) is 13.5. The number of hydrogen-bond acceptors (Lipinski definition) is 3. The molecule has 0 atom stereocenters. The van der Waals surface area contributed by atoms with Crippen molar-refractivity contribution in [3.63, 3.8) is 0 Å². The molecule has 2 rings (SSSR count). The van der Waals surface area contributed by atoms with Gasteiger partial charge in [-0.2, -0.15) is 0 Å². The maximum absolute atomic E-state index is 5.69.